The van der Waals surface area contributed by atoms with E-state index in [9.17, 15) is 9.59 Å². The minimum Gasteiger partial charge on any atom is -0.496 e. The lowest BCUT2D eigenvalue weighted by Crippen LogP contribution is -2.43. The van der Waals surface area contributed by atoms with E-state index in [0.717, 1.165) is 64.3 Å². The van der Waals surface area contributed by atoms with Crippen LogP contribution < -0.4 is 25.6 Å². The summed E-state index contributed by atoms with van der Waals surface area (Å²) in [6.07, 6.45) is 3.47. The molecule has 1 saturated heterocycles. The molecule has 0 unspecified atom stereocenters. The van der Waals surface area contributed by atoms with Gasteiger partial charge in [0, 0.05) is 17.8 Å². The van der Waals surface area contributed by atoms with Gasteiger partial charge in [-0.3, -0.25) is 9.69 Å². The molecule has 3 N–H and O–H groups in total. The molecule has 37 heavy (non-hydrogen) atoms. The second-order valence-corrected chi connectivity index (χ2v) is 10.3. The van der Waals surface area contributed by atoms with Crippen molar-refractivity contribution in [3.8, 4) is 16.9 Å². The molecule has 8 nitrogen and oxygen atoms in total. The second kappa shape index (κ2) is 9.49. The Labute approximate surface area is 218 Å². The van der Waals surface area contributed by atoms with Gasteiger partial charge in [0.05, 0.1) is 29.6 Å². The van der Waals surface area contributed by atoms with Gasteiger partial charge in [-0.15, -0.1) is 11.3 Å². The van der Waals surface area contributed by atoms with Crippen molar-refractivity contribution in [2.45, 2.75) is 25.8 Å². The van der Waals surface area contributed by atoms with Gasteiger partial charge < -0.3 is 20.7 Å². The number of hydrogen-bond acceptors (Lipinski definition) is 6. The molecule has 1 fully saturated rings. The third-order valence-electron chi connectivity index (χ3n) is 6.98. The summed E-state index contributed by atoms with van der Waals surface area (Å²) in [6, 6.07) is 15.5. The van der Waals surface area contributed by atoms with Crippen LogP contribution in [0.5, 0.6) is 5.75 Å². The van der Waals surface area contributed by atoms with Crippen molar-refractivity contribution >= 4 is 50.6 Å². The molecular formula is C28H27N5O3S. The Morgan fingerprint density at radius 3 is 2.73 bits per heavy atom. The largest absolute Gasteiger partial charge is 0.496 e. The molecule has 0 aliphatic carbocycles. The Morgan fingerprint density at radius 1 is 1.14 bits per heavy atom. The number of nitrogens with zero attached hydrogens (tertiary/aromatic N) is 2. The molecule has 188 valence electrons. The first-order chi connectivity index (χ1) is 18.0. The summed E-state index contributed by atoms with van der Waals surface area (Å²) in [5, 5.41) is 10.2. The number of aryl methyl sites for hydroxylation is 1. The summed E-state index contributed by atoms with van der Waals surface area (Å²) in [7, 11) is 1.66. The minimum atomic E-state index is -0.303. The van der Waals surface area contributed by atoms with E-state index in [-0.39, 0.29) is 18.0 Å². The van der Waals surface area contributed by atoms with E-state index in [1.165, 1.54) is 11.3 Å². The van der Waals surface area contributed by atoms with Crippen LogP contribution in [0, 0.1) is 6.92 Å². The molecule has 6 rings (SSSR count). The Hall–Kier alpha value is -3.95. The summed E-state index contributed by atoms with van der Waals surface area (Å²) < 4.78 is 5.53. The lowest BCUT2D eigenvalue weighted by atomic mass is 10.0. The van der Waals surface area contributed by atoms with E-state index in [1.54, 1.807) is 18.2 Å². The Kier molecular flexibility index (Phi) is 6.02. The second-order valence-electron chi connectivity index (χ2n) is 9.28. The molecule has 2 aromatic heterocycles. The average Bonchev–Trinajstić information content (AvgIpc) is 3.29. The number of anilines is 3. The first-order valence-corrected chi connectivity index (χ1v) is 13.1. The maximum Gasteiger partial charge on any atom is 0.331 e. The third-order valence-corrected chi connectivity index (χ3v) is 8.08. The highest BCUT2D eigenvalue weighted by atomic mass is 32.1. The minimum absolute atomic E-state index is 0.124. The third kappa shape index (κ3) is 4.10. The van der Waals surface area contributed by atoms with Crippen LogP contribution in [-0.4, -0.2) is 43.2 Å². The van der Waals surface area contributed by atoms with Gasteiger partial charge in [0.2, 0.25) is 0 Å². The van der Waals surface area contributed by atoms with Gasteiger partial charge in [-0.1, -0.05) is 24.3 Å². The Morgan fingerprint density at radius 2 is 1.95 bits per heavy atom. The predicted molar refractivity (Wildman–Crippen MR) is 147 cm³/mol. The topological polar surface area (TPSA) is 95.6 Å². The number of para-hydroxylation sites is 1. The summed E-state index contributed by atoms with van der Waals surface area (Å²) >= 11 is 1.31. The van der Waals surface area contributed by atoms with Crippen molar-refractivity contribution in [3.63, 3.8) is 0 Å². The molecule has 0 bridgehead atoms. The van der Waals surface area contributed by atoms with Crippen LogP contribution in [0.15, 0.2) is 54.7 Å². The van der Waals surface area contributed by atoms with Gasteiger partial charge in [0.1, 0.15) is 15.5 Å². The number of rotatable bonds is 5. The molecule has 4 heterocycles. The Bertz CT molecular complexity index is 1530. The van der Waals surface area contributed by atoms with Crippen LogP contribution in [0.25, 0.3) is 21.3 Å². The van der Waals surface area contributed by atoms with Crippen molar-refractivity contribution in [1.29, 1.82) is 0 Å². The number of thiophene rings is 1. The molecular weight excluding hydrogens is 486 g/mol. The van der Waals surface area contributed by atoms with Gasteiger partial charge in [0.15, 0.2) is 0 Å². The van der Waals surface area contributed by atoms with Gasteiger partial charge in [-0.2, -0.15) is 0 Å². The summed E-state index contributed by atoms with van der Waals surface area (Å²) in [4.78, 5) is 34.1. The summed E-state index contributed by atoms with van der Waals surface area (Å²) in [6.45, 7) is 3.76. The monoisotopic (exact) mass is 513 g/mol. The molecule has 2 aliphatic rings. The van der Waals surface area contributed by atoms with Gasteiger partial charge in [0.25, 0.3) is 5.91 Å². The average molecular weight is 514 g/mol. The first-order valence-electron chi connectivity index (χ1n) is 12.3. The zero-order valence-corrected chi connectivity index (χ0v) is 21.4. The molecule has 4 aromatic rings. The number of urea groups is 1. The highest BCUT2D eigenvalue weighted by Crippen LogP contribution is 2.46. The molecule has 9 heteroatoms. The fourth-order valence-corrected chi connectivity index (χ4v) is 6.18. The number of nitrogens with one attached hydrogen (secondary N) is 3. The van der Waals surface area contributed by atoms with E-state index >= 15 is 0 Å². The highest BCUT2D eigenvalue weighted by Gasteiger charge is 2.33. The fourth-order valence-electron chi connectivity index (χ4n) is 5.16. The fraction of sp³-hybridized carbons (Fsp3) is 0.250. The van der Waals surface area contributed by atoms with Crippen molar-refractivity contribution in [1.82, 2.24) is 15.6 Å². The number of piperidine rings is 1. The van der Waals surface area contributed by atoms with Crippen LogP contribution in [-0.2, 0) is 0 Å². The van der Waals surface area contributed by atoms with Gasteiger partial charge >= 0.3 is 6.03 Å². The number of aromatic nitrogens is 1. The molecule has 0 saturated carbocycles. The smallest absolute Gasteiger partial charge is 0.331 e. The lowest BCUT2D eigenvalue weighted by molar-refractivity contribution is 0.0934. The first kappa shape index (κ1) is 23.4. The molecule has 0 spiro atoms. The molecule has 3 amide bonds. The lowest BCUT2D eigenvalue weighted by Gasteiger charge is -2.30. The van der Waals surface area contributed by atoms with Crippen LogP contribution in [0.3, 0.4) is 0 Å². The summed E-state index contributed by atoms with van der Waals surface area (Å²) in [5.74, 6) is 0.626. The van der Waals surface area contributed by atoms with Gasteiger partial charge in [-0.25, -0.2) is 9.78 Å². The maximum absolute atomic E-state index is 13.5. The SMILES string of the molecule is COc1ccccc1-c1ccc(N2C(=O)Nc3c(C(=O)NC4CCNCC4)sc4nccc2c34)c(C)c1. The summed E-state index contributed by atoms with van der Waals surface area (Å²) in [5.41, 5.74) is 4.95. The zero-order valence-electron chi connectivity index (χ0n) is 20.6. The van der Waals surface area contributed by atoms with E-state index in [2.05, 4.69) is 27.0 Å². The van der Waals surface area contributed by atoms with Crippen LogP contribution in [0.4, 0.5) is 21.9 Å². The number of carbonyl (C=O) groups excluding carboxylic acids is 2. The predicted octanol–water partition coefficient (Wildman–Crippen LogP) is 5.45. The normalized spacial score (nSPS) is 15.5. The zero-order chi connectivity index (χ0) is 25.5. The number of methoxy groups -OCH3 is 1. The van der Waals surface area contributed by atoms with Crippen LogP contribution in [0.1, 0.15) is 28.1 Å². The highest BCUT2D eigenvalue weighted by molar-refractivity contribution is 7.21. The number of amides is 3. The number of ether oxygens (including phenoxy) is 1. The van der Waals surface area contributed by atoms with Crippen molar-refractivity contribution in [2.24, 2.45) is 0 Å². The number of pyridine rings is 1. The number of carbonyl (C=O) groups is 2. The molecule has 2 aliphatic heterocycles. The Balaban J connectivity index is 1.38. The van der Waals surface area contributed by atoms with E-state index in [1.807, 2.05) is 49.4 Å². The van der Waals surface area contributed by atoms with Crippen molar-refractivity contribution in [2.75, 3.05) is 30.4 Å². The van der Waals surface area contributed by atoms with Gasteiger partial charge in [-0.05, 0) is 68.2 Å². The van der Waals surface area contributed by atoms with Crippen LogP contribution >= 0.6 is 11.3 Å². The van der Waals surface area contributed by atoms with Crippen LogP contribution in [0.2, 0.25) is 0 Å². The van der Waals surface area contributed by atoms with E-state index in [4.69, 9.17) is 4.74 Å². The molecule has 0 atom stereocenters. The van der Waals surface area contributed by atoms with Crippen molar-refractivity contribution < 1.29 is 14.3 Å². The maximum atomic E-state index is 13.5. The van der Waals surface area contributed by atoms with Crippen molar-refractivity contribution in [3.05, 3.63) is 65.2 Å². The quantitative estimate of drug-likeness (QED) is 0.330. The molecule has 0 radical (unpaired) electrons. The van der Waals surface area contributed by atoms with E-state index in [0.29, 0.717) is 16.3 Å². The molecule has 2 aromatic carbocycles. The number of hydrogen-bond donors (Lipinski definition) is 3. The van der Waals surface area contributed by atoms with E-state index < -0.39 is 0 Å². The number of benzene rings is 2. The standard InChI is InChI=1S/C28H27N5O3S/c1-16-15-17(19-5-3-4-6-22(19)36-2)7-8-20(16)33-21-11-14-30-27-23(21)24(32-28(33)35)25(37-27)26(34)31-18-9-12-29-13-10-18/h3-8,11,14-15,18,29H,9-10,12-13H2,1-2H3,(H,31,34)(H,32,35).